The third-order valence-electron chi connectivity index (χ3n) is 5.46. The predicted molar refractivity (Wildman–Crippen MR) is 134 cm³/mol. The third-order valence-corrected chi connectivity index (χ3v) is 5.78. The Balaban J connectivity index is 1.83. The van der Waals surface area contributed by atoms with Crippen molar-refractivity contribution in [2.45, 2.75) is 20.3 Å². The Hall–Kier alpha value is -4.17. The molecule has 0 saturated carbocycles. The van der Waals surface area contributed by atoms with Gasteiger partial charge in [0.15, 0.2) is 5.76 Å². The summed E-state index contributed by atoms with van der Waals surface area (Å²) in [5.74, 6) is -1.34. The summed E-state index contributed by atoms with van der Waals surface area (Å²) in [4.78, 5) is 25.5. The number of hydrogen-bond donors (Lipinski definition) is 1. The first-order valence-electron chi connectivity index (χ1n) is 11.1. The lowest BCUT2D eigenvalue weighted by molar-refractivity contribution is -0.136. The highest BCUT2D eigenvalue weighted by molar-refractivity contribution is 6.34. The number of carboxylic acid groups (broad SMARTS) is 1. The van der Waals surface area contributed by atoms with E-state index in [9.17, 15) is 14.0 Å². The van der Waals surface area contributed by atoms with E-state index in [0.717, 1.165) is 0 Å². The molecule has 9 heteroatoms. The fourth-order valence-corrected chi connectivity index (χ4v) is 4.07. The van der Waals surface area contributed by atoms with Crippen molar-refractivity contribution < 1.29 is 28.3 Å². The van der Waals surface area contributed by atoms with Crippen LogP contribution in [-0.2, 0) is 16.0 Å². The fourth-order valence-electron chi connectivity index (χ4n) is 3.85. The van der Waals surface area contributed by atoms with Crippen molar-refractivity contribution in [1.29, 1.82) is 0 Å². The van der Waals surface area contributed by atoms with Gasteiger partial charge in [-0.15, -0.1) is 0 Å². The predicted octanol–water partition coefficient (Wildman–Crippen LogP) is 7.03. The minimum absolute atomic E-state index is 0.0792. The number of nitrogens with zero attached hydrogens (tertiary/aromatic N) is 2. The highest BCUT2D eigenvalue weighted by atomic mass is 35.5. The lowest BCUT2D eigenvalue weighted by atomic mass is 9.98. The molecule has 0 unspecified atom stereocenters. The molecule has 1 N–H and O–H groups in total. The number of carbonyl (C=O) groups excluding carboxylic acids is 1. The minimum Gasteiger partial charge on any atom is -0.481 e. The summed E-state index contributed by atoms with van der Waals surface area (Å²) >= 11 is 6.43. The number of amides is 1. The van der Waals surface area contributed by atoms with Gasteiger partial charge < -0.3 is 14.4 Å². The molecule has 4 aromatic rings. The normalized spacial score (nSPS) is 10.8. The molecule has 184 valence electrons. The van der Waals surface area contributed by atoms with Gasteiger partial charge in [-0.2, -0.15) is 0 Å². The van der Waals surface area contributed by atoms with Crippen LogP contribution in [0.2, 0.25) is 5.02 Å². The molecule has 0 aliphatic rings. The van der Waals surface area contributed by atoms with Crippen molar-refractivity contribution in [2.24, 2.45) is 0 Å². The standard InChI is InChI=1S/C27H22ClFN2O5/c1-3-35-27(34)31(23-10-5-4-9-21(23)28)26-16(2)36-30-25(26)19-8-6-7-17(13-19)18-11-12-22(29)20(14-18)15-24(32)33/h4-14H,3,15H2,1-2H3,(H,32,33). The second kappa shape index (κ2) is 10.6. The van der Waals surface area contributed by atoms with Gasteiger partial charge in [-0.25, -0.2) is 14.1 Å². The quantitative estimate of drug-likeness (QED) is 0.288. The maximum absolute atomic E-state index is 14.1. The number of aliphatic carboxylic acids is 1. The number of anilines is 2. The summed E-state index contributed by atoms with van der Waals surface area (Å²) < 4.78 is 24.9. The van der Waals surface area contributed by atoms with Crippen molar-refractivity contribution in [1.82, 2.24) is 5.16 Å². The second-order valence-corrected chi connectivity index (χ2v) is 8.29. The molecule has 3 aromatic carbocycles. The lowest BCUT2D eigenvalue weighted by Crippen LogP contribution is -2.27. The molecular formula is C27H22ClFN2O5. The Bertz CT molecular complexity index is 1440. The smallest absolute Gasteiger partial charge is 0.419 e. The minimum atomic E-state index is -1.12. The molecule has 36 heavy (non-hydrogen) atoms. The van der Waals surface area contributed by atoms with Crippen LogP contribution in [0.25, 0.3) is 22.4 Å². The van der Waals surface area contributed by atoms with Crippen molar-refractivity contribution in [3.05, 3.63) is 88.9 Å². The number of halogens is 2. The zero-order chi connectivity index (χ0) is 25.8. The Morgan fingerprint density at radius 3 is 2.50 bits per heavy atom. The van der Waals surface area contributed by atoms with E-state index in [4.69, 9.17) is 26.0 Å². The first-order chi connectivity index (χ1) is 17.3. The molecule has 7 nitrogen and oxygen atoms in total. The zero-order valence-electron chi connectivity index (χ0n) is 19.5. The van der Waals surface area contributed by atoms with Gasteiger partial charge in [0, 0.05) is 5.56 Å². The molecule has 4 rings (SSSR count). The van der Waals surface area contributed by atoms with Gasteiger partial charge >= 0.3 is 12.1 Å². The van der Waals surface area contributed by atoms with Crippen molar-refractivity contribution in [2.75, 3.05) is 11.5 Å². The topological polar surface area (TPSA) is 92.9 Å². The number of rotatable bonds is 7. The van der Waals surface area contributed by atoms with Crippen LogP contribution in [0.3, 0.4) is 0 Å². The molecule has 0 saturated heterocycles. The number of carbonyl (C=O) groups is 2. The summed E-state index contributed by atoms with van der Waals surface area (Å²) in [6, 6.07) is 18.4. The number of aromatic nitrogens is 1. The second-order valence-electron chi connectivity index (χ2n) is 7.88. The van der Waals surface area contributed by atoms with Gasteiger partial charge in [0.25, 0.3) is 0 Å². The molecule has 1 heterocycles. The van der Waals surface area contributed by atoms with Gasteiger partial charge in [0.05, 0.1) is 23.7 Å². The number of aryl methyl sites for hydroxylation is 1. The zero-order valence-corrected chi connectivity index (χ0v) is 20.3. The Morgan fingerprint density at radius 2 is 1.78 bits per heavy atom. The van der Waals surface area contributed by atoms with Gasteiger partial charge in [-0.3, -0.25) is 4.79 Å². The number of carboxylic acids is 1. The monoisotopic (exact) mass is 508 g/mol. The van der Waals surface area contributed by atoms with Crippen LogP contribution in [0.1, 0.15) is 18.2 Å². The van der Waals surface area contributed by atoms with Crippen LogP contribution in [0.15, 0.2) is 71.3 Å². The van der Waals surface area contributed by atoms with Gasteiger partial charge in [-0.1, -0.05) is 53.2 Å². The van der Waals surface area contributed by atoms with Crippen molar-refractivity contribution in [3.63, 3.8) is 0 Å². The Labute approximate surface area is 211 Å². The summed E-state index contributed by atoms with van der Waals surface area (Å²) in [7, 11) is 0. The molecule has 1 aromatic heterocycles. The Morgan fingerprint density at radius 1 is 1.06 bits per heavy atom. The van der Waals surface area contributed by atoms with Gasteiger partial charge in [-0.05, 0) is 60.9 Å². The summed E-state index contributed by atoms with van der Waals surface area (Å²) in [6.45, 7) is 3.53. The van der Waals surface area contributed by atoms with Gasteiger partial charge in [0.1, 0.15) is 17.2 Å². The highest BCUT2D eigenvalue weighted by Gasteiger charge is 2.30. The van der Waals surface area contributed by atoms with E-state index >= 15 is 0 Å². The number of ether oxygens (including phenoxy) is 1. The van der Waals surface area contributed by atoms with Crippen LogP contribution in [0.4, 0.5) is 20.6 Å². The number of benzene rings is 3. The van der Waals surface area contributed by atoms with E-state index < -0.39 is 24.3 Å². The first-order valence-corrected chi connectivity index (χ1v) is 11.5. The van der Waals surface area contributed by atoms with Crippen LogP contribution in [0, 0.1) is 12.7 Å². The van der Waals surface area contributed by atoms with Crippen molar-refractivity contribution >= 4 is 35.0 Å². The summed E-state index contributed by atoms with van der Waals surface area (Å²) in [5, 5.41) is 13.6. The van der Waals surface area contributed by atoms with Crippen LogP contribution in [0.5, 0.6) is 0 Å². The molecule has 0 bridgehead atoms. The van der Waals surface area contributed by atoms with E-state index in [1.807, 2.05) is 6.07 Å². The first kappa shape index (κ1) is 24.9. The average molecular weight is 509 g/mol. The van der Waals surface area contributed by atoms with Crippen LogP contribution >= 0.6 is 11.6 Å². The van der Waals surface area contributed by atoms with E-state index in [1.165, 1.54) is 17.0 Å². The molecule has 0 aliphatic heterocycles. The molecule has 0 fully saturated rings. The van der Waals surface area contributed by atoms with Crippen LogP contribution < -0.4 is 4.90 Å². The molecule has 1 amide bonds. The SMILES string of the molecule is CCOC(=O)N(c1ccccc1Cl)c1c(-c2cccc(-c3ccc(F)c(CC(=O)O)c3)c2)noc1C. The average Bonchev–Trinajstić information content (AvgIpc) is 3.23. The number of para-hydroxylation sites is 1. The van der Waals surface area contributed by atoms with E-state index in [1.54, 1.807) is 62.4 Å². The fraction of sp³-hybridized carbons (Fsp3) is 0.148. The van der Waals surface area contributed by atoms with Crippen LogP contribution in [-0.4, -0.2) is 28.9 Å². The summed E-state index contributed by atoms with van der Waals surface area (Å²) in [6.07, 6.45) is -1.08. The highest BCUT2D eigenvalue weighted by Crippen LogP contribution is 2.41. The molecule has 0 aliphatic carbocycles. The van der Waals surface area contributed by atoms with Crippen molar-refractivity contribution in [3.8, 4) is 22.4 Å². The van der Waals surface area contributed by atoms with E-state index in [0.29, 0.717) is 44.5 Å². The molecule has 0 radical (unpaired) electrons. The molecular weight excluding hydrogens is 487 g/mol. The maximum Gasteiger partial charge on any atom is 0.419 e. The number of hydrogen-bond acceptors (Lipinski definition) is 5. The van der Waals surface area contributed by atoms with E-state index in [2.05, 4.69) is 5.16 Å². The molecule has 0 atom stereocenters. The van der Waals surface area contributed by atoms with E-state index in [-0.39, 0.29) is 12.2 Å². The maximum atomic E-state index is 14.1. The molecule has 0 spiro atoms. The largest absolute Gasteiger partial charge is 0.481 e. The summed E-state index contributed by atoms with van der Waals surface area (Å²) in [5.41, 5.74) is 3.16. The lowest BCUT2D eigenvalue weighted by Gasteiger charge is -2.23. The van der Waals surface area contributed by atoms with Gasteiger partial charge in [0.2, 0.25) is 0 Å². The third kappa shape index (κ3) is 5.08. The Kier molecular flexibility index (Phi) is 7.36.